The minimum atomic E-state index is -0.410. The molecule has 0 radical (unpaired) electrons. The van der Waals surface area contributed by atoms with E-state index in [4.69, 9.17) is 30.2 Å². The first kappa shape index (κ1) is 20.6. The monoisotopic (exact) mass is 442 g/mol. The second kappa shape index (κ2) is 9.01. The van der Waals surface area contributed by atoms with Crippen LogP contribution in [0.15, 0.2) is 59.2 Å². The molecule has 0 saturated carbocycles. The van der Waals surface area contributed by atoms with Crippen molar-refractivity contribution in [2.45, 2.75) is 6.54 Å². The van der Waals surface area contributed by atoms with Gasteiger partial charge in [-0.3, -0.25) is 9.59 Å². The van der Waals surface area contributed by atoms with Gasteiger partial charge in [-0.15, -0.1) is 0 Å². The Kier molecular flexibility index (Phi) is 5.99. The molecule has 0 atom stereocenters. The van der Waals surface area contributed by atoms with Gasteiger partial charge in [0.05, 0.1) is 30.6 Å². The van der Waals surface area contributed by atoms with E-state index in [2.05, 4.69) is 5.32 Å². The van der Waals surface area contributed by atoms with Crippen LogP contribution in [-0.4, -0.2) is 37.2 Å². The number of anilines is 1. The third kappa shape index (κ3) is 4.59. The molecule has 0 saturated heterocycles. The number of carbonyl (C=O) groups excluding carboxylic acids is 2. The zero-order valence-corrected chi connectivity index (χ0v) is 17.3. The van der Waals surface area contributed by atoms with E-state index < -0.39 is 11.8 Å². The third-order valence-corrected chi connectivity index (χ3v) is 4.88. The predicted octanol–water partition coefficient (Wildman–Crippen LogP) is 3.95. The number of benzene rings is 2. The number of nitrogens with zero attached hydrogens (tertiary/aromatic N) is 1. The number of ether oxygens (including phenoxy) is 3. The molecule has 2 heterocycles. The Bertz CT molecular complexity index is 1100. The van der Waals surface area contributed by atoms with Crippen molar-refractivity contribution in [2.75, 3.05) is 25.8 Å². The number of hydrogen-bond acceptors (Lipinski definition) is 6. The molecule has 0 aliphatic carbocycles. The van der Waals surface area contributed by atoms with Crippen molar-refractivity contribution < 1.29 is 28.2 Å². The van der Waals surface area contributed by atoms with Gasteiger partial charge in [-0.05, 0) is 36.4 Å². The number of nitrogens with one attached hydrogen (secondary N) is 1. The lowest BCUT2D eigenvalue weighted by Gasteiger charge is -2.22. The topological polar surface area (TPSA) is 90.2 Å². The molecule has 3 aromatic rings. The third-order valence-electron chi connectivity index (χ3n) is 4.60. The fourth-order valence-corrected chi connectivity index (χ4v) is 3.44. The van der Waals surface area contributed by atoms with Crippen LogP contribution >= 0.6 is 11.6 Å². The van der Waals surface area contributed by atoms with Crippen molar-refractivity contribution in [3.05, 3.63) is 71.1 Å². The molecule has 0 unspecified atom stereocenters. The van der Waals surface area contributed by atoms with Gasteiger partial charge in [0, 0.05) is 5.56 Å². The maximum Gasteiger partial charge on any atom is 0.254 e. The summed E-state index contributed by atoms with van der Waals surface area (Å²) in [6.45, 7) is -0.0923. The van der Waals surface area contributed by atoms with E-state index >= 15 is 0 Å². The summed E-state index contributed by atoms with van der Waals surface area (Å²) in [5, 5.41) is 3.03. The van der Waals surface area contributed by atoms with E-state index in [0.717, 1.165) is 0 Å². The van der Waals surface area contributed by atoms with Gasteiger partial charge in [0.25, 0.3) is 5.91 Å². The molecular formula is C22H19ClN2O6. The number of furan rings is 1. The summed E-state index contributed by atoms with van der Waals surface area (Å²) in [6.07, 6.45) is 1.50. The SMILES string of the molecule is COc1ccccc1NC(=O)CN(Cc1ccco1)C(=O)c1cc(Cl)c2c(c1)OCO2. The van der Waals surface area contributed by atoms with E-state index in [1.54, 1.807) is 42.5 Å². The summed E-state index contributed by atoms with van der Waals surface area (Å²) in [5.74, 6) is 1.02. The summed E-state index contributed by atoms with van der Waals surface area (Å²) in [7, 11) is 1.51. The smallest absolute Gasteiger partial charge is 0.254 e. The molecule has 1 aliphatic heterocycles. The fourth-order valence-electron chi connectivity index (χ4n) is 3.17. The average molecular weight is 443 g/mol. The van der Waals surface area contributed by atoms with Gasteiger partial charge in [-0.1, -0.05) is 23.7 Å². The van der Waals surface area contributed by atoms with Gasteiger partial charge in [0.2, 0.25) is 12.7 Å². The number of hydrogen-bond donors (Lipinski definition) is 1. The lowest BCUT2D eigenvalue weighted by Crippen LogP contribution is -2.37. The van der Waals surface area contributed by atoms with Crippen molar-refractivity contribution in [3.8, 4) is 17.2 Å². The van der Waals surface area contributed by atoms with Crippen molar-refractivity contribution in [3.63, 3.8) is 0 Å². The van der Waals surface area contributed by atoms with Crippen LogP contribution in [0.4, 0.5) is 5.69 Å². The van der Waals surface area contributed by atoms with Crippen LogP contribution in [0.25, 0.3) is 0 Å². The van der Waals surface area contributed by atoms with Gasteiger partial charge in [-0.25, -0.2) is 0 Å². The Balaban J connectivity index is 1.56. The molecule has 9 heteroatoms. The molecule has 1 N–H and O–H groups in total. The van der Waals surface area contributed by atoms with Crippen molar-refractivity contribution in [1.82, 2.24) is 4.90 Å². The van der Waals surface area contributed by atoms with Gasteiger partial charge in [0.1, 0.15) is 18.1 Å². The molecule has 31 heavy (non-hydrogen) atoms. The number of carbonyl (C=O) groups is 2. The van der Waals surface area contributed by atoms with Gasteiger partial charge in [0.15, 0.2) is 11.5 Å². The van der Waals surface area contributed by atoms with Crippen LogP contribution < -0.4 is 19.5 Å². The zero-order chi connectivity index (χ0) is 21.8. The quantitative estimate of drug-likeness (QED) is 0.595. The number of methoxy groups -OCH3 is 1. The first-order chi connectivity index (χ1) is 15.0. The molecule has 2 amide bonds. The molecule has 160 valence electrons. The van der Waals surface area contributed by atoms with E-state index in [9.17, 15) is 9.59 Å². The van der Waals surface area contributed by atoms with Gasteiger partial charge < -0.3 is 28.8 Å². The summed E-state index contributed by atoms with van der Waals surface area (Å²) in [6, 6.07) is 13.5. The standard InChI is InChI=1S/C22H19ClN2O6/c1-28-18-7-3-2-6-17(18)24-20(26)12-25(11-15-5-4-8-29-15)22(27)14-9-16(23)21-19(10-14)30-13-31-21/h2-10H,11-13H2,1H3,(H,24,26). The second-order valence-electron chi connectivity index (χ2n) is 6.68. The van der Waals surface area contributed by atoms with Crippen molar-refractivity contribution in [2.24, 2.45) is 0 Å². The molecule has 8 nitrogen and oxygen atoms in total. The summed E-state index contributed by atoms with van der Waals surface area (Å²) >= 11 is 6.23. The first-order valence-electron chi connectivity index (χ1n) is 9.39. The van der Waals surface area contributed by atoms with E-state index in [1.165, 1.54) is 24.3 Å². The highest BCUT2D eigenvalue weighted by Crippen LogP contribution is 2.40. The molecular weight excluding hydrogens is 424 g/mol. The lowest BCUT2D eigenvalue weighted by atomic mass is 10.1. The molecule has 2 aromatic carbocycles. The predicted molar refractivity (Wildman–Crippen MR) is 113 cm³/mol. The molecule has 1 aromatic heterocycles. The Morgan fingerprint density at radius 3 is 2.77 bits per heavy atom. The average Bonchev–Trinajstić information content (AvgIpc) is 3.45. The number of para-hydroxylation sites is 2. The normalized spacial score (nSPS) is 11.8. The maximum atomic E-state index is 13.3. The van der Waals surface area contributed by atoms with Crippen molar-refractivity contribution >= 4 is 29.1 Å². The molecule has 1 aliphatic rings. The Morgan fingerprint density at radius 2 is 2.00 bits per heavy atom. The van der Waals surface area contributed by atoms with E-state index in [0.29, 0.717) is 28.7 Å². The lowest BCUT2D eigenvalue weighted by molar-refractivity contribution is -0.117. The number of rotatable bonds is 7. The highest BCUT2D eigenvalue weighted by Gasteiger charge is 2.25. The van der Waals surface area contributed by atoms with Crippen LogP contribution in [0.3, 0.4) is 0 Å². The molecule has 0 fully saturated rings. The van der Waals surface area contributed by atoms with E-state index in [1.807, 2.05) is 0 Å². The van der Waals surface area contributed by atoms with Crippen LogP contribution in [0.2, 0.25) is 5.02 Å². The summed E-state index contributed by atoms with van der Waals surface area (Å²) < 4.78 is 21.3. The van der Waals surface area contributed by atoms with E-state index in [-0.39, 0.29) is 30.5 Å². The highest BCUT2D eigenvalue weighted by molar-refractivity contribution is 6.32. The minimum Gasteiger partial charge on any atom is -0.495 e. The van der Waals surface area contributed by atoms with Gasteiger partial charge >= 0.3 is 0 Å². The Labute approximate surface area is 183 Å². The maximum absolute atomic E-state index is 13.3. The van der Waals surface area contributed by atoms with Gasteiger partial charge in [-0.2, -0.15) is 0 Å². The number of amides is 2. The molecule has 4 rings (SSSR count). The fraction of sp³-hybridized carbons (Fsp3) is 0.182. The highest BCUT2D eigenvalue weighted by atomic mass is 35.5. The Hall–Kier alpha value is -3.65. The first-order valence-corrected chi connectivity index (χ1v) is 9.76. The largest absolute Gasteiger partial charge is 0.495 e. The van der Waals surface area contributed by atoms with Crippen LogP contribution in [-0.2, 0) is 11.3 Å². The number of fused-ring (bicyclic) bond motifs is 1. The van der Waals surface area contributed by atoms with Crippen molar-refractivity contribution in [1.29, 1.82) is 0 Å². The number of halogens is 1. The van der Waals surface area contributed by atoms with Crippen LogP contribution in [0, 0.1) is 0 Å². The second-order valence-corrected chi connectivity index (χ2v) is 7.09. The van der Waals surface area contributed by atoms with Crippen LogP contribution in [0.1, 0.15) is 16.1 Å². The summed E-state index contributed by atoms with van der Waals surface area (Å²) in [5.41, 5.74) is 0.775. The minimum absolute atomic E-state index is 0.0319. The molecule has 0 bridgehead atoms. The summed E-state index contributed by atoms with van der Waals surface area (Å²) in [4.78, 5) is 27.4. The molecule has 0 spiro atoms. The zero-order valence-electron chi connectivity index (χ0n) is 16.6. The van der Waals surface area contributed by atoms with Crippen LogP contribution in [0.5, 0.6) is 17.2 Å². The Morgan fingerprint density at radius 1 is 1.16 bits per heavy atom.